The van der Waals surface area contributed by atoms with Crippen LogP contribution in [0.15, 0.2) is 36.4 Å². The smallest absolute Gasteiger partial charge is 0.408 e. The molecule has 0 spiro atoms. The minimum atomic E-state index is -0.705. The molecule has 1 amide bonds. The zero-order valence-corrected chi connectivity index (χ0v) is 14.4. The Balaban J connectivity index is 3.04. The molecule has 23 heavy (non-hydrogen) atoms. The van der Waals surface area contributed by atoms with Crippen molar-refractivity contribution in [3.8, 4) is 0 Å². The third-order valence-electron chi connectivity index (χ3n) is 2.92. The standard InChI is InChI=1S/C18H25NO4/c1-7-22-16(20)13(3)15(14-10-8-9-12(2)11-14)19-17(21)23-18(4,5)6/h8-11,15H,3,7H2,1-2,4-6H3,(H,19,21)/t15-/m1/s1. The monoisotopic (exact) mass is 319 g/mol. The lowest BCUT2D eigenvalue weighted by Gasteiger charge is -2.24. The van der Waals surface area contributed by atoms with Crippen molar-refractivity contribution in [1.29, 1.82) is 0 Å². The van der Waals surface area contributed by atoms with Crippen molar-refractivity contribution >= 4 is 12.1 Å². The number of carbonyl (C=O) groups is 2. The van der Waals surface area contributed by atoms with Gasteiger partial charge in [-0.2, -0.15) is 0 Å². The molecule has 0 aliphatic rings. The Labute approximate surface area is 137 Å². The van der Waals surface area contributed by atoms with E-state index in [2.05, 4.69) is 11.9 Å². The second-order valence-electron chi connectivity index (χ2n) is 6.24. The molecule has 0 aliphatic heterocycles. The fourth-order valence-electron chi connectivity index (χ4n) is 1.99. The molecule has 0 aliphatic carbocycles. The molecule has 0 unspecified atom stereocenters. The average Bonchev–Trinajstić information content (AvgIpc) is 2.42. The van der Waals surface area contributed by atoms with E-state index < -0.39 is 23.7 Å². The van der Waals surface area contributed by atoms with Gasteiger partial charge < -0.3 is 14.8 Å². The number of nitrogens with one attached hydrogen (secondary N) is 1. The summed E-state index contributed by atoms with van der Waals surface area (Å²) in [5.41, 5.74) is 1.28. The van der Waals surface area contributed by atoms with Crippen LogP contribution in [0.4, 0.5) is 4.79 Å². The Morgan fingerprint density at radius 3 is 2.48 bits per heavy atom. The highest BCUT2D eigenvalue weighted by atomic mass is 16.6. The van der Waals surface area contributed by atoms with Crippen molar-refractivity contribution < 1.29 is 19.1 Å². The normalized spacial score (nSPS) is 12.2. The van der Waals surface area contributed by atoms with Crippen LogP contribution in [0.2, 0.25) is 0 Å². The van der Waals surface area contributed by atoms with Crippen LogP contribution in [0, 0.1) is 6.92 Å². The van der Waals surface area contributed by atoms with Crippen molar-refractivity contribution in [2.24, 2.45) is 0 Å². The van der Waals surface area contributed by atoms with Crippen LogP contribution < -0.4 is 5.32 Å². The van der Waals surface area contributed by atoms with Gasteiger partial charge in [0.2, 0.25) is 0 Å². The molecule has 0 heterocycles. The first-order valence-corrected chi connectivity index (χ1v) is 7.56. The van der Waals surface area contributed by atoms with Crippen molar-refractivity contribution in [3.05, 3.63) is 47.5 Å². The topological polar surface area (TPSA) is 64.6 Å². The fourth-order valence-corrected chi connectivity index (χ4v) is 1.99. The number of amides is 1. The van der Waals surface area contributed by atoms with Gasteiger partial charge in [-0.15, -0.1) is 0 Å². The fraction of sp³-hybridized carbons (Fsp3) is 0.444. The first-order chi connectivity index (χ1) is 10.6. The van der Waals surface area contributed by atoms with E-state index in [0.29, 0.717) is 0 Å². The van der Waals surface area contributed by atoms with Gasteiger partial charge in [0.25, 0.3) is 0 Å². The van der Waals surface area contributed by atoms with Gasteiger partial charge in [0.15, 0.2) is 0 Å². The molecule has 0 aromatic heterocycles. The van der Waals surface area contributed by atoms with Crippen LogP contribution in [0.3, 0.4) is 0 Å². The number of alkyl carbamates (subject to hydrolysis) is 1. The molecule has 0 bridgehead atoms. The zero-order valence-electron chi connectivity index (χ0n) is 14.4. The largest absolute Gasteiger partial charge is 0.463 e. The molecule has 1 aromatic rings. The van der Waals surface area contributed by atoms with Crippen LogP contribution in [0.25, 0.3) is 0 Å². The van der Waals surface area contributed by atoms with Gasteiger partial charge in [-0.3, -0.25) is 0 Å². The van der Waals surface area contributed by atoms with Crippen molar-refractivity contribution in [2.45, 2.75) is 46.3 Å². The molecule has 126 valence electrons. The maximum absolute atomic E-state index is 12.1. The Morgan fingerprint density at radius 1 is 1.30 bits per heavy atom. The molecular weight excluding hydrogens is 294 g/mol. The maximum Gasteiger partial charge on any atom is 0.408 e. The molecule has 5 heteroatoms. The Morgan fingerprint density at radius 2 is 1.96 bits per heavy atom. The first-order valence-electron chi connectivity index (χ1n) is 7.56. The highest BCUT2D eigenvalue weighted by Crippen LogP contribution is 2.23. The third kappa shape index (κ3) is 6.14. The lowest BCUT2D eigenvalue weighted by atomic mass is 9.98. The second-order valence-corrected chi connectivity index (χ2v) is 6.24. The zero-order chi connectivity index (χ0) is 17.6. The van der Waals surface area contributed by atoms with E-state index in [9.17, 15) is 9.59 Å². The first kappa shape index (κ1) is 18.7. The van der Waals surface area contributed by atoms with Crippen molar-refractivity contribution in [1.82, 2.24) is 5.32 Å². The third-order valence-corrected chi connectivity index (χ3v) is 2.92. The summed E-state index contributed by atoms with van der Waals surface area (Å²) in [4.78, 5) is 24.1. The highest BCUT2D eigenvalue weighted by Gasteiger charge is 2.26. The van der Waals surface area contributed by atoms with Gasteiger partial charge in [-0.25, -0.2) is 9.59 Å². The van der Waals surface area contributed by atoms with Gasteiger partial charge >= 0.3 is 12.1 Å². The van der Waals surface area contributed by atoms with Gasteiger partial charge in [0.05, 0.1) is 18.2 Å². The van der Waals surface area contributed by atoms with E-state index in [4.69, 9.17) is 9.47 Å². The molecule has 1 N–H and O–H groups in total. The van der Waals surface area contributed by atoms with E-state index in [1.54, 1.807) is 27.7 Å². The van der Waals surface area contributed by atoms with E-state index >= 15 is 0 Å². The predicted octanol–water partition coefficient (Wildman–Crippen LogP) is 3.68. The molecular formula is C18H25NO4. The summed E-state index contributed by atoms with van der Waals surface area (Å²) in [6.45, 7) is 13.0. The summed E-state index contributed by atoms with van der Waals surface area (Å²) < 4.78 is 10.3. The summed E-state index contributed by atoms with van der Waals surface area (Å²) in [6.07, 6.45) is -0.616. The predicted molar refractivity (Wildman–Crippen MR) is 89.1 cm³/mol. The molecule has 0 saturated carbocycles. The number of rotatable bonds is 5. The number of benzene rings is 1. The lowest BCUT2D eigenvalue weighted by Crippen LogP contribution is -2.37. The minimum absolute atomic E-state index is 0.156. The van der Waals surface area contributed by atoms with Gasteiger partial charge in [0.1, 0.15) is 5.60 Å². The molecule has 0 fully saturated rings. The molecule has 1 atom stereocenters. The van der Waals surface area contributed by atoms with Crippen LogP contribution >= 0.6 is 0 Å². The molecule has 5 nitrogen and oxygen atoms in total. The summed E-state index contributed by atoms with van der Waals surface area (Å²) >= 11 is 0. The Bertz CT molecular complexity index is 587. The molecule has 0 radical (unpaired) electrons. The number of carbonyl (C=O) groups excluding carboxylic acids is 2. The Hall–Kier alpha value is -2.30. The number of aryl methyl sites for hydroxylation is 1. The molecule has 1 rings (SSSR count). The SMILES string of the molecule is C=C(C(=O)OCC)[C@@H](NC(=O)OC(C)(C)C)c1cccc(C)c1. The van der Waals surface area contributed by atoms with Gasteiger partial charge in [0, 0.05) is 0 Å². The maximum atomic E-state index is 12.1. The minimum Gasteiger partial charge on any atom is -0.463 e. The number of hydrogen-bond donors (Lipinski definition) is 1. The van der Waals surface area contributed by atoms with Crippen LogP contribution in [-0.4, -0.2) is 24.3 Å². The lowest BCUT2D eigenvalue weighted by molar-refractivity contribution is -0.138. The number of ether oxygens (including phenoxy) is 2. The van der Waals surface area contributed by atoms with Crippen molar-refractivity contribution in [3.63, 3.8) is 0 Å². The van der Waals surface area contributed by atoms with Crippen molar-refractivity contribution in [2.75, 3.05) is 6.61 Å². The van der Waals surface area contributed by atoms with Crippen LogP contribution in [0.1, 0.15) is 44.9 Å². The summed E-state index contributed by atoms with van der Waals surface area (Å²) in [7, 11) is 0. The van der Waals surface area contributed by atoms with E-state index in [1.807, 2.05) is 31.2 Å². The van der Waals surface area contributed by atoms with E-state index in [1.165, 1.54) is 0 Å². The quantitative estimate of drug-likeness (QED) is 0.664. The average molecular weight is 319 g/mol. The van der Waals surface area contributed by atoms with Crippen LogP contribution in [-0.2, 0) is 14.3 Å². The van der Waals surface area contributed by atoms with Gasteiger partial charge in [-0.05, 0) is 40.2 Å². The van der Waals surface area contributed by atoms with Gasteiger partial charge in [-0.1, -0.05) is 36.4 Å². The summed E-state index contributed by atoms with van der Waals surface area (Å²) in [6, 6.07) is 6.78. The van der Waals surface area contributed by atoms with E-state index in [-0.39, 0.29) is 12.2 Å². The highest BCUT2D eigenvalue weighted by molar-refractivity contribution is 5.90. The van der Waals surface area contributed by atoms with Crippen LogP contribution in [0.5, 0.6) is 0 Å². The molecule has 1 aromatic carbocycles. The summed E-state index contributed by atoms with van der Waals surface area (Å²) in [5, 5.41) is 2.69. The molecule has 0 saturated heterocycles. The van der Waals surface area contributed by atoms with E-state index in [0.717, 1.165) is 11.1 Å². The summed E-state index contributed by atoms with van der Waals surface area (Å²) in [5.74, 6) is -0.546. The second kappa shape index (κ2) is 7.81. The Kier molecular flexibility index (Phi) is 6.37. The number of esters is 1. The number of hydrogen-bond acceptors (Lipinski definition) is 4.